The van der Waals surface area contributed by atoms with Gasteiger partial charge in [0.15, 0.2) is 0 Å². The van der Waals surface area contributed by atoms with Gasteiger partial charge < -0.3 is 14.4 Å². The third-order valence-corrected chi connectivity index (χ3v) is 5.97. The van der Waals surface area contributed by atoms with E-state index in [-0.39, 0.29) is 13.2 Å². The van der Waals surface area contributed by atoms with Gasteiger partial charge >= 0.3 is 12.1 Å². The summed E-state index contributed by atoms with van der Waals surface area (Å²) in [5.74, 6) is -0.314. The molecule has 0 spiro atoms. The van der Waals surface area contributed by atoms with Crippen molar-refractivity contribution in [3.8, 4) is 16.3 Å². The molecule has 9 heteroatoms. The number of benzene rings is 2. The minimum atomic E-state index is -4.37. The third-order valence-electron chi connectivity index (χ3n) is 4.79. The summed E-state index contributed by atoms with van der Waals surface area (Å²) in [5, 5.41) is 10.5. The van der Waals surface area contributed by atoms with Crippen molar-refractivity contribution in [2.45, 2.75) is 40.1 Å². The lowest BCUT2D eigenvalue weighted by atomic mass is 10.1. The van der Waals surface area contributed by atoms with E-state index in [2.05, 4.69) is 4.98 Å². The molecular formula is C24H23F3N2O3S. The molecule has 0 unspecified atom stereocenters. The lowest BCUT2D eigenvalue weighted by Crippen LogP contribution is -2.07. The third kappa shape index (κ3) is 5.54. The molecule has 2 aromatic heterocycles. The SMILES string of the molecule is CC.Cc1nc(-c2ccc(C(F)(F)F)cc2)sc1COc1cccc2c1ccn2CC(=O)O. The highest BCUT2D eigenvalue weighted by molar-refractivity contribution is 7.15. The van der Waals surface area contributed by atoms with E-state index in [4.69, 9.17) is 9.84 Å². The Kier molecular flexibility index (Phi) is 7.43. The molecule has 2 heterocycles. The molecule has 4 rings (SSSR count). The number of rotatable bonds is 6. The van der Waals surface area contributed by atoms with Crippen molar-refractivity contribution in [2.75, 3.05) is 0 Å². The molecule has 33 heavy (non-hydrogen) atoms. The maximum absolute atomic E-state index is 12.8. The largest absolute Gasteiger partial charge is 0.487 e. The van der Waals surface area contributed by atoms with Crippen LogP contribution in [0.15, 0.2) is 54.7 Å². The van der Waals surface area contributed by atoms with Gasteiger partial charge in [-0.25, -0.2) is 4.98 Å². The van der Waals surface area contributed by atoms with Crippen LogP contribution in [-0.4, -0.2) is 20.6 Å². The Bertz CT molecular complexity index is 1240. The van der Waals surface area contributed by atoms with Crippen LogP contribution in [-0.2, 0) is 24.1 Å². The molecule has 174 valence electrons. The number of hydrogen-bond donors (Lipinski definition) is 1. The molecule has 4 aromatic rings. The van der Waals surface area contributed by atoms with Crippen LogP contribution >= 0.6 is 11.3 Å². The number of halogens is 3. The molecule has 5 nitrogen and oxygen atoms in total. The van der Waals surface area contributed by atoms with Gasteiger partial charge in [0, 0.05) is 17.1 Å². The molecule has 0 saturated carbocycles. The van der Waals surface area contributed by atoms with Gasteiger partial charge in [-0.1, -0.05) is 32.0 Å². The zero-order valence-corrected chi connectivity index (χ0v) is 19.1. The maximum Gasteiger partial charge on any atom is 0.416 e. The number of thiazole rings is 1. The second-order valence-corrected chi connectivity index (χ2v) is 8.00. The first-order valence-corrected chi connectivity index (χ1v) is 11.1. The zero-order valence-electron chi connectivity index (χ0n) is 18.3. The summed E-state index contributed by atoms with van der Waals surface area (Å²) >= 11 is 1.36. The Hall–Kier alpha value is -3.33. The minimum Gasteiger partial charge on any atom is -0.487 e. The van der Waals surface area contributed by atoms with Crippen molar-refractivity contribution >= 4 is 28.2 Å². The standard InChI is InChI=1S/C22H17F3N2O3S.C2H6/c1-13-19(31-21(26-13)14-5-7-15(8-6-14)22(23,24)25)12-30-18-4-2-3-17-16(18)9-10-27(17)11-20(28)29;1-2/h2-10H,11-12H2,1H3,(H,28,29);1-2H3. The van der Waals surface area contributed by atoms with Crippen LogP contribution < -0.4 is 4.74 Å². The van der Waals surface area contributed by atoms with E-state index in [1.807, 2.05) is 26.8 Å². The molecule has 0 fully saturated rings. The molecule has 1 N–H and O–H groups in total. The maximum atomic E-state index is 12.8. The topological polar surface area (TPSA) is 64.4 Å². The highest BCUT2D eigenvalue weighted by Crippen LogP contribution is 2.34. The summed E-state index contributed by atoms with van der Waals surface area (Å²) in [5.41, 5.74) is 1.41. The van der Waals surface area contributed by atoms with Crippen LogP contribution in [0.3, 0.4) is 0 Å². The smallest absolute Gasteiger partial charge is 0.416 e. The lowest BCUT2D eigenvalue weighted by molar-refractivity contribution is -0.138. The Morgan fingerprint density at radius 2 is 1.82 bits per heavy atom. The van der Waals surface area contributed by atoms with Crippen LogP contribution in [0.25, 0.3) is 21.5 Å². The fourth-order valence-electron chi connectivity index (χ4n) is 3.24. The quantitative estimate of drug-likeness (QED) is 0.333. The van der Waals surface area contributed by atoms with Gasteiger partial charge in [-0.15, -0.1) is 11.3 Å². The number of fused-ring (bicyclic) bond motifs is 1. The van der Waals surface area contributed by atoms with Crippen molar-refractivity contribution in [2.24, 2.45) is 0 Å². The van der Waals surface area contributed by atoms with Crippen molar-refractivity contribution in [3.05, 3.63) is 70.9 Å². The van der Waals surface area contributed by atoms with Crippen molar-refractivity contribution < 1.29 is 27.8 Å². The van der Waals surface area contributed by atoms with Crippen molar-refractivity contribution in [1.82, 2.24) is 9.55 Å². The number of carbonyl (C=O) groups is 1. The molecule has 0 aliphatic heterocycles. The average Bonchev–Trinajstić information content (AvgIpc) is 3.36. The van der Waals surface area contributed by atoms with Gasteiger partial charge in [-0.05, 0) is 37.3 Å². The minimum absolute atomic E-state index is 0.141. The zero-order chi connectivity index (χ0) is 24.2. The van der Waals surface area contributed by atoms with E-state index in [0.29, 0.717) is 16.3 Å². The van der Waals surface area contributed by atoms with Gasteiger partial charge in [0.2, 0.25) is 0 Å². The van der Waals surface area contributed by atoms with E-state index in [1.54, 1.807) is 29.0 Å². The molecule has 2 aromatic carbocycles. The first kappa shape index (κ1) is 24.3. The Morgan fingerprint density at radius 3 is 2.45 bits per heavy atom. The summed E-state index contributed by atoms with van der Waals surface area (Å²) in [6.07, 6.45) is -2.67. The summed E-state index contributed by atoms with van der Waals surface area (Å²) in [6, 6.07) is 12.2. The van der Waals surface area contributed by atoms with Crippen molar-refractivity contribution in [3.63, 3.8) is 0 Å². The van der Waals surface area contributed by atoms with Gasteiger partial charge in [-0.3, -0.25) is 4.79 Å². The highest BCUT2D eigenvalue weighted by Gasteiger charge is 2.30. The second kappa shape index (κ2) is 10.1. The lowest BCUT2D eigenvalue weighted by Gasteiger charge is -2.08. The Labute approximate surface area is 193 Å². The number of nitrogens with zero attached hydrogens (tertiary/aromatic N) is 2. The van der Waals surface area contributed by atoms with E-state index < -0.39 is 17.7 Å². The van der Waals surface area contributed by atoms with Gasteiger partial charge in [-0.2, -0.15) is 13.2 Å². The molecule has 0 saturated heterocycles. The Morgan fingerprint density at radius 1 is 1.12 bits per heavy atom. The number of aliphatic carboxylic acids is 1. The summed E-state index contributed by atoms with van der Waals surface area (Å²) < 4.78 is 45.9. The van der Waals surface area contributed by atoms with E-state index in [9.17, 15) is 18.0 Å². The number of ether oxygens (including phenoxy) is 1. The van der Waals surface area contributed by atoms with E-state index in [0.717, 1.165) is 33.6 Å². The molecule has 0 aliphatic carbocycles. The fraction of sp³-hybridized carbons (Fsp3) is 0.250. The van der Waals surface area contributed by atoms with Gasteiger partial charge in [0.25, 0.3) is 0 Å². The normalized spacial score (nSPS) is 11.2. The van der Waals surface area contributed by atoms with Crippen LogP contribution in [0.5, 0.6) is 5.75 Å². The van der Waals surface area contributed by atoms with E-state index in [1.165, 1.54) is 23.5 Å². The molecule has 0 atom stereocenters. The Balaban J connectivity index is 0.00000149. The van der Waals surface area contributed by atoms with Crippen LogP contribution in [0, 0.1) is 6.92 Å². The predicted octanol–water partition coefficient (Wildman–Crippen LogP) is 6.78. The fourth-order valence-corrected chi connectivity index (χ4v) is 4.22. The summed E-state index contributed by atoms with van der Waals surface area (Å²) in [7, 11) is 0. The number of carboxylic acids is 1. The van der Waals surface area contributed by atoms with E-state index >= 15 is 0 Å². The number of aromatic nitrogens is 2. The van der Waals surface area contributed by atoms with Crippen LogP contribution in [0.2, 0.25) is 0 Å². The number of alkyl halides is 3. The summed E-state index contributed by atoms with van der Waals surface area (Å²) in [4.78, 5) is 16.3. The van der Waals surface area contributed by atoms with Crippen molar-refractivity contribution in [1.29, 1.82) is 0 Å². The monoisotopic (exact) mass is 476 g/mol. The van der Waals surface area contributed by atoms with Gasteiger partial charge in [0.05, 0.1) is 21.7 Å². The summed E-state index contributed by atoms with van der Waals surface area (Å²) in [6.45, 7) is 5.93. The molecule has 0 radical (unpaired) electrons. The number of aryl methyl sites for hydroxylation is 1. The number of hydrogen-bond acceptors (Lipinski definition) is 4. The average molecular weight is 477 g/mol. The van der Waals surface area contributed by atoms with Gasteiger partial charge in [0.1, 0.15) is 23.9 Å². The highest BCUT2D eigenvalue weighted by atomic mass is 32.1. The second-order valence-electron chi connectivity index (χ2n) is 6.92. The first-order valence-electron chi connectivity index (χ1n) is 10.3. The molecule has 0 amide bonds. The molecular weight excluding hydrogens is 453 g/mol. The number of carboxylic acid groups (broad SMARTS) is 1. The predicted molar refractivity (Wildman–Crippen MR) is 123 cm³/mol. The first-order chi connectivity index (χ1) is 15.7. The van der Waals surface area contributed by atoms with Crippen LogP contribution in [0.4, 0.5) is 13.2 Å². The van der Waals surface area contributed by atoms with Crippen LogP contribution in [0.1, 0.15) is 30.0 Å². The molecule has 0 bridgehead atoms. The molecule has 0 aliphatic rings.